The first kappa shape index (κ1) is 22.5. The average Bonchev–Trinajstić information content (AvgIpc) is 2.67. The molecule has 2 aromatic carbocycles. The van der Waals surface area contributed by atoms with Gasteiger partial charge in [-0.2, -0.15) is 5.26 Å². The largest absolute Gasteiger partial charge is 0.345 e. The predicted molar refractivity (Wildman–Crippen MR) is 125 cm³/mol. The van der Waals surface area contributed by atoms with Crippen molar-refractivity contribution in [2.45, 2.75) is 56.7 Å². The normalized spacial score (nSPS) is 17.0. The molecule has 0 bridgehead atoms. The van der Waals surface area contributed by atoms with Crippen molar-refractivity contribution in [3.63, 3.8) is 0 Å². The molecule has 0 heterocycles. The van der Waals surface area contributed by atoms with Gasteiger partial charge in [-0.15, -0.1) is 0 Å². The minimum absolute atomic E-state index is 0.243. The van der Waals surface area contributed by atoms with Gasteiger partial charge in [0.25, 0.3) is 0 Å². The zero-order valence-corrected chi connectivity index (χ0v) is 19.0. The summed E-state index contributed by atoms with van der Waals surface area (Å²) in [5.41, 5.74) is 3.24. The Morgan fingerprint density at radius 1 is 1.19 bits per heavy atom. The van der Waals surface area contributed by atoms with E-state index in [-0.39, 0.29) is 11.8 Å². The lowest BCUT2D eigenvalue weighted by atomic mass is 9.90. The third kappa shape index (κ3) is 4.57. The summed E-state index contributed by atoms with van der Waals surface area (Å²) in [4.78, 5) is 2.16. The summed E-state index contributed by atoms with van der Waals surface area (Å²) in [6, 6.07) is 12.6. The molecule has 0 atom stereocenters. The topological polar surface area (TPSA) is 73.2 Å². The number of nitrogens with zero attached hydrogens (tertiary/aromatic N) is 2. The van der Waals surface area contributed by atoms with E-state index in [4.69, 9.17) is 0 Å². The summed E-state index contributed by atoms with van der Waals surface area (Å²) < 4.78 is 41.8. The second-order valence-electron chi connectivity index (χ2n) is 8.60. The Kier molecular flexibility index (Phi) is 6.63. The molecular weight excluding hydrogens is 425 g/mol. The molecule has 0 unspecified atom stereocenters. The fourth-order valence-electron chi connectivity index (χ4n) is 4.15. The van der Waals surface area contributed by atoms with Crippen molar-refractivity contribution in [2.24, 2.45) is 0 Å². The zero-order chi connectivity index (χ0) is 22.7. The molecule has 0 spiro atoms. The van der Waals surface area contributed by atoms with Crippen LogP contribution >= 0.6 is 0 Å². The Morgan fingerprint density at radius 2 is 1.94 bits per heavy atom. The number of nitriles is 1. The van der Waals surface area contributed by atoms with Crippen LogP contribution in [-0.2, 0) is 10.0 Å². The first-order valence-electron chi connectivity index (χ1n) is 11.1. The molecule has 2 aliphatic rings. The van der Waals surface area contributed by atoms with E-state index in [0.29, 0.717) is 22.7 Å². The maximum atomic E-state index is 14.6. The smallest absolute Gasteiger partial charge is 0.214 e. The number of rotatable bonds is 8. The van der Waals surface area contributed by atoms with E-state index in [9.17, 15) is 18.1 Å². The third-order valence-corrected chi connectivity index (χ3v) is 8.46. The van der Waals surface area contributed by atoms with E-state index in [1.807, 2.05) is 37.4 Å². The van der Waals surface area contributed by atoms with Gasteiger partial charge in [-0.1, -0.05) is 30.7 Å². The van der Waals surface area contributed by atoms with Crippen molar-refractivity contribution in [2.75, 3.05) is 11.4 Å². The summed E-state index contributed by atoms with van der Waals surface area (Å²) in [7, 11) is -3.25. The van der Waals surface area contributed by atoms with Crippen LogP contribution in [0, 0.1) is 24.1 Å². The molecule has 7 heteroatoms. The number of aryl methyl sites for hydroxylation is 1. The maximum absolute atomic E-state index is 14.6. The zero-order valence-electron chi connectivity index (χ0n) is 18.2. The Balaban J connectivity index is 1.60. The summed E-state index contributed by atoms with van der Waals surface area (Å²) in [5, 5.41) is 9.19. The number of hydrogen-bond donors (Lipinski definition) is 1. The van der Waals surface area contributed by atoms with Crippen LogP contribution in [0.1, 0.15) is 49.7 Å². The molecule has 5 nitrogen and oxygen atoms in total. The quantitative estimate of drug-likeness (QED) is 0.609. The van der Waals surface area contributed by atoms with E-state index in [0.717, 1.165) is 49.8 Å². The van der Waals surface area contributed by atoms with Crippen molar-refractivity contribution in [3.05, 3.63) is 65.6 Å². The molecule has 4 rings (SSSR count). The first-order valence-corrected chi connectivity index (χ1v) is 12.7. The average molecular weight is 454 g/mol. The highest BCUT2D eigenvalue weighted by molar-refractivity contribution is 7.90. The van der Waals surface area contributed by atoms with Crippen molar-refractivity contribution >= 4 is 15.7 Å². The fraction of sp³-hybridized carbons (Fsp3) is 0.400. The van der Waals surface area contributed by atoms with Crippen molar-refractivity contribution in [3.8, 4) is 17.2 Å². The van der Waals surface area contributed by atoms with Gasteiger partial charge in [0.05, 0.1) is 16.9 Å². The minimum Gasteiger partial charge on any atom is -0.345 e. The number of benzene rings is 2. The minimum atomic E-state index is -3.25. The molecule has 2 fully saturated rings. The summed E-state index contributed by atoms with van der Waals surface area (Å²) in [6.45, 7) is 2.25. The SMILES string of the molecule is Cc1ccc(-c2c(F)cccc2C#N)cc1N(/C=C/CNS(=O)(=O)C1CCC1)C1CCC1. The highest BCUT2D eigenvalue weighted by Crippen LogP contribution is 2.36. The van der Waals surface area contributed by atoms with Crippen LogP contribution in [0.15, 0.2) is 48.7 Å². The summed E-state index contributed by atoms with van der Waals surface area (Å²) in [6.07, 6.45) is 9.46. The van der Waals surface area contributed by atoms with Gasteiger partial charge in [-0.05, 0) is 68.4 Å². The second-order valence-corrected chi connectivity index (χ2v) is 10.6. The predicted octanol–water partition coefficient (Wildman–Crippen LogP) is 5.02. The van der Waals surface area contributed by atoms with E-state index >= 15 is 0 Å². The van der Waals surface area contributed by atoms with Gasteiger partial charge in [0.15, 0.2) is 0 Å². The number of sulfonamides is 1. The van der Waals surface area contributed by atoms with Gasteiger partial charge in [0, 0.05) is 30.0 Å². The van der Waals surface area contributed by atoms with Gasteiger partial charge >= 0.3 is 0 Å². The third-order valence-electron chi connectivity index (χ3n) is 6.54. The van der Waals surface area contributed by atoms with Crippen LogP contribution in [0.3, 0.4) is 0 Å². The molecule has 0 radical (unpaired) electrons. The molecule has 1 N–H and O–H groups in total. The Morgan fingerprint density at radius 3 is 2.56 bits per heavy atom. The van der Waals surface area contributed by atoms with Crippen molar-refractivity contribution < 1.29 is 12.8 Å². The van der Waals surface area contributed by atoms with Crippen molar-refractivity contribution in [1.82, 2.24) is 4.72 Å². The lowest BCUT2D eigenvalue weighted by Crippen LogP contribution is -2.39. The molecule has 0 aliphatic heterocycles. The molecule has 0 amide bonds. The van der Waals surface area contributed by atoms with E-state index < -0.39 is 15.8 Å². The van der Waals surface area contributed by atoms with Crippen LogP contribution in [-0.4, -0.2) is 26.3 Å². The number of hydrogen-bond acceptors (Lipinski definition) is 4. The van der Waals surface area contributed by atoms with E-state index in [1.165, 1.54) is 6.07 Å². The molecule has 2 aromatic rings. The summed E-state index contributed by atoms with van der Waals surface area (Å²) >= 11 is 0. The molecule has 0 saturated heterocycles. The molecular formula is C25H28FN3O2S. The summed E-state index contributed by atoms with van der Waals surface area (Å²) in [5.74, 6) is -0.421. The molecule has 32 heavy (non-hydrogen) atoms. The Bertz CT molecular complexity index is 1160. The van der Waals surface area contributed by atoms with E-state index in [2.05, 4.69) is 15.7 Å². The molecule has 168 valence electrons. The maximum Gasteiger partial charge on any atom is 0.214 e. The second kappa shape index (κ2) is 9.43. The van der Waals surface area contributed by atoms with Crippen LogP contribution < -0.4 is 9.62 Å². The van der Waals surface area contributed by atoms with Crippen LogP contribution in [0.4, 0.5) is 10.1 Å². The van der Waals surface area contributed by atoms with Gasteiger partial charge < -0.3 is 4.90 Å². The molecule has 2 saturated carbocycles. The van der Waals surface area contributed by atoms with E-state index in [1.54, 1.807) is 12.1 Å². The van der Waals surface area contributed by atoms with Crippen molar-refractivity contribution in [1.29, 1.82) is 5.26 Å². The van der Waals surface area contributed by atoms with Gasteiger partial charge in [0.2, 0.25) is 10.0 Å². The molecule has 0 aromatic heterocycles. The lowest BCUT2D eigenvalue weighted by molar-refractivity contribution is 0.408. The highest BCUT2D eigenvalue weighted by atomic mass is 32.2. The number of anilines is 1. The Hall–Kier alpha value is -2.69. The van der Waals surface area contributed by atoms with Crippen LogP contribution in [0.5, 0.6) is 0 Å². The molecule has 2 aliphatic carbocycles. The number of nitrogens with one attached hydrogen (secondary N) is 1. The van der Waals surface area contributed by atoms with Gasteiger partial charge in [-0.25, -0.2) is 17.5 Å². The number of halogens is 1. The monoisotopic (exact) mass is 453 g/mol. The standard InChI is InChI=1S/C25H28FN3O2S/c1-18-12-13-19(25-20(17-27)6-2-11-23(25)26)16-24(18)29(21-7-3-8-21)15-5-14-28-32(30,31)22-9-4-10-22/h2,5-6,11-13,15-16,21-22,28H,3-4,7-10,14H2,1H3/b15-5+. The van der Waals surface area contributed by atoms with Crippen LogP contribution in [0.2, 0.25) is 0 Å². The first-order chi connectivity index (χ1) is 15.4. The fourth-order valence-corrected chi connectivity index (χ4v) is 5.67. The van der Waals surface area contributed by atoms with Crippen LogP contribution in [0.25, 0.3) is 11.1 Å². The lowest BCUT2D eigenvalue weighted by Gasteiger charge is -2.38. The van der Waals surface area contributed by atoms with Gasteiger partial charge in [0.1, 0.15) is 5.82 Å². The van der Waals surface area contributed by atoms with Gasteiger partial charge in [-0.3, -0.25) is 0 Å². The Labute approximate surface area is 189 Å². The highest BCUT2D eigenvalue weighted by Gasteiger charge is 2.30.